The van der Waals surface area contributed by atoms with Gasteiger partial charge >= 0.3 is 0 Å². The lowest BCUT2D eigenvalue weighted by molar-refractivity contribution is 0.00544. The van der Waals surface area contributed by atoms with Gasteiger partial charge in [-0.2, -0.15) is 5.26 Å². The number of hydrogen-bond donors (Lipinski definition) is 1. The van der Waals surface area contributed by atoms with Crippen molar-refractivity contribution in [2.75, 3.05) is 19.5 Å². The predicted octanol–water partition coefficient (Wildman–Crippen LogP) is 2.33. The number of anilines is 1. The highest BCUT2D eigenvalue weighted by Crippen LogP contribution is 2.24. The maximum Gasteiger partial charge on any atom is 0.139 e. The van der Waals surface area contributed by atoms with E-state index >= 15 is 0 Å². The Morgan fingerprint density at radius 3 is 2.71 bits per heavy atom. The molecule has 0 aliphatic heterocycles. The van der Waals surface area contributed by atoms with E-state index in [1.807, 2.05) is 19.9 Å². The molecule has 1 rings (SSSR count). The normalized spacial score (nSPS) is 10.9. The minimum atomic E-state index is -0.229. The van der Waals surface area contributed by atoms with Crippen LogP contribution in [-0.2, 0) is 4.74 Å². The van der Waals surface area contributed by atoms with Gasteiger partial charge in [-0.25, -0.2) is 0 Å². The molecule has 1 aromatic rings. The monoisotopic (exact) mass is 234 g/mol. The second-order valence-corrected chi connectivity index (χ2v) is 4.39. The molecule has 1 aromatic carbocycles. The van der Waals surface area contributed by atoms with Crippen molar-refractivity contribution >= 4 is 5.69 Å². The molecule has 4 heteroatoms. The zero-order valence-electron chi connectivity index (χ0n) is 10.5. The summed E-state index contributed by atoms with van der Waals surface area (Å²) in [5.41, 5.74) is 6.29. The molecular weight excluding hydrogens is 216 g/mol. The van der Waals surface area contributed by atoms with E-state index in [1.165, 1.54) is 0 Å². The van der Waals surface area contributed by atoms with Crippen LogP contribution in [0.15, 0.2) is 18.2 Å². The molecule has 0 bridgehead atoms. The first-order valence-corrected chi connectivity index (χ1v) is 5.47. The Balaban J connectivity index is 2.65. The molecule has 2 N–H and O–H groups in total. The zero-order valence-corrected chi connectivity index (χ0v) is 10.5. The molecule has 0 unspecified atom stereocenters. The maximum absolute atomic E-state index is 8.97. The number of benzene rings is 1. The van der Waals surface area contributed by atoms with E-state index in [2.05, 4.69) is 0 Å². The molecular formula is C13H18N2O2. The molecule has 0 saturated heterocycles. The van der Waals surface area contributed by atoms with Crippen molar-refractivity contribution in [3.05, 3.63) is 23.8 Å². The Hall–Kier alpha value is -1.73. The van der Waals surface area contributed by atoms with Crippen LogP contribution in [0.25, 0.3) is 0 Å². The first-order chi connectivity index (χ1) is 8.00. The van der Waals surface area contributed by atoms with Gasteiger partial charge < -0.3 is 15.2 Å². The Labute approximate surface area is 102 Å². The predicted molar refractivity (Wildman–Crippen MR) is 66.8 cm³/mol. The Morgan fingerprint density at radius 2 is 2.12 bits per heavy atom. The van der Waals surface area contributed by atoms with Crippen LogP contribution in [0.1, 0.15) is 25.8 Å². The smallest absolute Gasteiger partial charge is 0.139 e. The lowest BCUT2D eigenvalue weighted by Crippen LogP contribution is -2.25. The fourth-order valence-corrected chi connectivity index (χ4v) is 1.30. The van der Waals surface area contributed by atoms with E-state index in [1.54, 1.807) is 25.3 Å². The molecule has 0 aromatic heterocycles. The summed E-state index contributed by atoms with van der Waals surface area (Å²) < 4.78 is 10.9. The van der Waals surface area contributed by atoms with Crippen LogP contribution in [0, 0.1) is 11.3 Å². The van der Waals surface area contributed by atoms with Crippen LogP contribution < -0.4 is 10.5 Å². The van der Waals surface area contributed by atoms with Gasteiger partial charge in [0, 0.05) is 13.5 Å². The van der Waals surface area contributed by atoms with Gasteiger partial charge in [0.05, 0.1) is 17.9 Å². The fourth-order valence-electron chi connectivity index (χ4n) is 1.30. The number of rotatable bonds is 5. The van der Waals surface area contributed by atoms with Gasteiger partial charge in [0.2, 0.25) is 0 Å². The summed E-state index contributed by atoms with van der Waals surface area (Å²) in [7, 11) is 1.67. The third-order valence-corrected chi connectivity index (χ3v) is 2.68. The average Bonchev–Trinajstić information content (AvgIpc) is 2.29. The van der Waals surface area contributed by atoms with Gasteiger partial charge in [-0.1, -0.05) is 6.07 Å². The molecule has 0 heterocycles. The topological polar surface area (TPSA) is 68.3 Å². The number of nitrogens with zero attached hydrogens (tertiary/aromatic N) is 1. The van der Waals surface area contributed by atoms with Crippen molar-refractivity contribution in [1.82, 2.24) is 0 Å². The number of nitrogen functional groups attached to an aromatic ring is 1. The molecule has 0 amide bonds. The second-order valence-electron chi connectivity index (χ2n) is 4.39. The van der Waals surface area contributed by atoms with Gasteiger partial charge in [0.25, 0.3) is 0 Å². The van der Waals surface area contributed by atoms with Crippen LogP contribution in [0.5, 0.6) is 5.75 Å². The van der Waals surface area contributed by atoms with Gasteiger partial charge in [-0.3, -0.25) is 0 Å². The molecule has 0 aliphatic rings. The molecule has 0 spiro atoms. The van der Waals surface area contributed by atoms with Crippen molar-refractivity contribution in [3.63, 3.8) is 0 Å². The summed E-state index contributed by atoms with van der Waals surface area (Å²) in [6.45, 7) is 4.46. The third kappa shape index (κ3) is 3.65. The van der Waals surface area contributed by atoms with Crippen LogP contribution >= 0.6 is 0 Å². The minimum Gasteiger partial charge on any atom is -0.492 e. The Kier molecular flexibility index (Phi) is 4.36. The van der Waals surface area contributed by atoms with Crippen molar-refractivity contribution < 1.29 is 9.47 Å². The number of hydrogen-bond acceptors (Lipinski definition) is 4. The lowest BCUT2D eigenvalue weighted by Gasteiger charge is -2.22. The summed E-state index contributed by atoms with van der Waals surface area (Å²) in [5, 5.41) is 8.97. The molecule has 92 valence electrons. The maximum atomic E-state index is 8.97. The highest BCUT2D eigenvalue weighted by molar-refractivity contribution is 5.60. The van der Waals surface area contributed by atoms with Gasteiger partial charge in [0.1, 0.15) is 17.4 Å². The summed E-state index contributed by atoms with van der Waals surface area (Å²) in [4.78, 5) is 0. The van der Waals surface area contributed by atoms with E-state index in [0.29, 0.717) is 23.6 Å². The summed E-state index contributed by atoms with van der Waals surface area (Å²) in [6.07, 6.45) is 0.739. The van der Waals surface area contributed by atoms with Crippen LogP contribution in [0.3, 0.4) is 0 Å². The standard InChI is InChI=1S/C13H18N2O2/c1-13(2,16-3)7-8-17-12-6-4-5-11(15)10(12)9-14/h4-6H,7-8,15H2,1-3H3. The second kappa shape index (κ2) is 5.55. The average molecular weight is 234 g/mol. The minimum absolute atomic E-state index is 0.229. The largest absolute Gasteiger partial charge is 0.492 e. The molecule has 0 radical (unpaired) electrons. The number of ether oxygens (including phenoxy) is 2. The Morgan fingerprint density at radius 1 is 1.41 bits per heavy atom. The van der Waals surface area contributed by atoms with E-state index in [0.717, 1.165) is 6.42 Å². The van der Waals surface area contributed by atoms with Crippen molar-refractivity contribution in [2.24, 2.45) is 0 Å². The third-order valence-electron chi connectivity index (χ3n) is 2.68. The molecule has 0 fully saturated rings. The SMILES string of the molecule is COC(C)(C)CCOc1cccc(N)c1C#N. The highest BCUT2D eigenvalue weighted by Gasteiger charge is 2.16. The molecule has 0 saturated carbocycles. The number of nitriles is 1. The zero-order chi connectivity index (χ0) is 12.9. The summed E-state index contributed by atoms with van der Waals surface area (Å²) >= 11 is 0. The number of methoxy groups -OCH3 is 1. The van der Waals surface area contributed by atoms with Crippen LogP contribution in [-0.4, -0.2) is 19.3 Å². The van der Waals surface area contributed by atoms with E-state index in [9.17, 15) is 0 Å². The highest BCUT2D eigenvalue weighted by atomic mass is 16.5. The van der Waals surface area contributed by atoms with Crippen molar-refractivity contribution in [3.8, 4) is 11.8 Å². The first kappa shape index (κ1) is 13.3. The van der Waals surface area contributed by atoms with Crippen molar-refractivity contribution in [2.45, 2.75) is 25.9 Å². The lowest BCUT2D eigenvalue weighted by atomic mass is 10.1. The molecule has 4 nitrogen and oxygen atoms in total. The molecule has 0 atom stereocenters. The summed E-state index contributed by atoms with van der Waals surface area (Å²) in [5.74, 6) is 0.527. The van der Waals surface area contributed by atoms with Crippen LogP contribution in [0.2, 0.25) is 0 Å². The van der Waals surface area contributed by atoms with Gasteiger partial charge in [0.15, 0.2) is 0 Å². The van der Waals surface area contributed by atoms with E-state index in [-0.39, 0.29) is 5.60 Å². The fraction of sp³-hybridized carbons (Fsp3) is 0.462. The van der Waals surface area contributed by atoms with E-state index < -0.39 is 0 Å². The Bertz CT molecular complexity index is 422. The quantitative estimate of drug-likeness (QED) is 0.794. The van der Waals surface area contributed by atoms with E-state index in [4.69, 9.17) is 20.5 Å². The first-order valence-electron chi connectivity index (χ1n) is 5.47. The van der Waals surface area contributed by atoms with Crippen molar-refractivity contribution in [1.29, 1.82) is 5.26 Å². The summed E-state index contributed by atoms with van der Waals surface area (Å²) in [6, 6.07) is 7.24. The van der Waals surface area contributed by atoms with Gasteiger partial charge in [-0.05, 0) is 26.0 Å². The number of nitrogens with two attached hydrogens (primary N) is 1. The molecule has 17 heavy (non-hydrogen) atoms. The molecule has 0 aliphatic carbocycles. The van der Waals surface area contributed by atoms with Gasteiger partial charge in [-0.15, -0.1) is 0 Å². The van der Waals surface area contributed by atoms with Crippen LogP contribution in [0.4, 0.5) is 5.69 Å².